The molecule has 0 aromatic heterocycles. The van der Waals surface area contributed by atoms with E-state index in [4.69, 9.17) is 19.0 Å². The maximum atomic E-state index is 11.0. The minimum absolute atomic E-state index is 0.288. The first kappa shape index (κ1) is 20.9. The summed E-state index contributed by atoms with van der Waals surface area (Å²) in [7, 11) is 3.03. The number of aldehydes is 1. The predicted octanol–water partition coefficient (Wildman–Crippen LogP) is 4.52. The summed E-state index contributed by atoms with van der Waals surface area (Å²) < 4.78 is 16.8. The van der Waals surface area contributed by atoms with Gasteiger partial charge in [-0.2, -0.15) is 0 Å². The molecule has 6 heteroatoms. The Balaban J connectivity index is 1.57. The number of nitrogens with zero attached hydrogens (tertiary/aromatic N) is 1. The van der Waals surface area contributed by atoms with E-state index in [2.05, 4.69) is 5.16 Å². The fourth-order valence-corrected chi connectivity index (χ4v) is 2.78. The van der Waals surface area contributed by atoms with Gasteiger partial charge in [-0.15, -0.1) is 0 Å². The normalized spacial score (nSPS) is 10.9. The molecule has 0 amide bonds. The van der Waals surface area contributed by atoms with Crippen molar-refractivity contribution in [2.24, 2.45) is 5.16 Å². The molecule has 3 aromatic rings. The highest BCUT2D eigenvalue weighted by Gasteiger charge is 2.07. The van der Waals surface area contributed by atoms with E-state index in [-0.39, 0.29) is 6.61 Å². The average molecular weight is 405 g/mol. The van der Waals surface area contributed by atoms with E-state index in [0.717, 1.165) is 23.2 Å². The molecule has 0 N–H and O–H groups in total. The monoisotopic (exact) mass is 405 g/mol. The lowest BCUT2D eigenvalue weighted by Crippen LogP contribution is -2.13. The summed E-state index contributed by atoms with van der Waals surface area (Å²) in [4.78, 5) is 15.9. The zero-order valence-electron chi connectivity index (χ0n) is 16.9. The zero-order valence-corrected chi connectivity index (χ0v) is 16.9. The molecule has 0 aliphatic rings. The van der Waals surface area contributed by atoms with Gasteiger partial charge in [-0.05, 0) is 29.8 Å². The summed E-state index contributed by atoms with van der Waals surface area (Å²) in [5.74, 6) is 1.83. The summed E-state index contributed by atoms with van der Waals surface area (Å²) in [5, 5.41) is 4.06. The molecular weight excluding hydrogens is 382 g/mol. The topological polar surface area (TPSA) is 66.3 Å². The fourth-order valence-electron chi connectivity index (χ4n) is 2.78. The van der Waals surface area contributed by atoms with Gasteiger partial charge in [0.15, 0.2) is 6.29 Å². The number of methoxy groups -OCH3 is 1. The molecule has 6 nitrogen and oxygen atoms in total. The van der Waals surface area contributed by atoms with Crippen LogP contribution >= 0.6 is 0 Å². The van der Waals surface area contributed by atoms with E-state index in [1.165, 1.54) is 14.2 Å². The van der Waals surface area contributed by atoms with Gasteiger partial charge < -0.3 is 19.0 Å². The standard InChI is InChI=1S/C24H23NO5/c1-27-24-14-22(13-10-20(24)15-26)29-16-18-8-11-21(12-9-18)30-17-23(25-28-2)19-6-4-3-5-7-19/h3-15H,16-17H2,1-2H3. The van der Waals surface area contributed by atoms with Crippen LogP contribution in [0.3, 0.4) is 0 Å². The van der Waals surface area contributed by atoms with Gasteiger partial charge in [0.05, 0.1) is 12.7 Å². The van der Waals surface area contributed by atoms with Crippen molar-refractivity contribution in [3.05, 3.63) is 89.5 Å². The first-order valence-corrected chi connectivity index (χ1v) is 9.36. The predicted molar refractivity (Wildman–Crippen MR) is 115 cm³/mol. The molecule has 0 bridgehead atoms. The molecule has 0 spiro atoms. The van der Waals surface area contributed by atoms with Crippen molar-refractivity contribution in [3.8, 4) is 17.2 Å². The Labute approximate surface area is 175 Å². The van der Waals surface area contributed by atoms with Crippen molar-refractivity contribution in [3.63, 3.8) is 0 Å². The van der Waals surface area contributed by atoms with Crippen molar-refractivity contribution in [2.75, 3.05) is 20.8 Å². The lowest BCUT2D eigenvalue weighted by Gasteiger charge is -2.11. The number of benzene rings is 3. The van der Waals surface area contributed by atoms with Crippen molar-refractivity contribution in [1.82, 2.24) is 0 Å². The molecule has 30 heavy (non-hydrogen) atoms. The number of ether oxygens (including phenoxy) is 3. The van der Waals surface area contributed by atoms with Crippen molar-refractivity contribution in [1.29, 1.82) is 0 Å². The van der Waals surface area contributed by atoms with Crippen molar-refractivity contribution < 1.29 is 23.8 Å². The van der Waals surface area contributed by atoms with Gasteiger partial charge in [-0.25, -0.2) is 0 Å². The Morgan fingerprint density at radius 3 is 2.30 bits per heavy atom. The molecule has 0 unspecified atom stereocenters. The average Bonchev–Trinajstić information content (AvgIpc) is 2.81. The number of rotatable bonds is 10. The van der Waals surface area contributed by atoms with E-state index in [0.29, 0.717) is 29.4 Å². The second-order valence-electron chi connectivity index (χ2n) is 6.33. The first-order chi connectivity index (χ1) is 14.7. The Hall–Kier alpha value is -3.80. The third-order valence-corrected chi connectivity index (χ3v) is 4.34. The van der Waals surface area contributed by atoms with Crippen LogP contribution in [-0.4, -0.2) is 32.8 Å². The maximum absolute atomic E-state index is 11.0. The van der Waals surface area contributed by atoms with Gasteiger partial charge in [-0.3, -0.25) is 4.79 Å². The van der Waals surface area contributed by atoms with Crippen LogP contribution in [0, 0.1) is 0 Å². The summed E-state index contributed by atoms with van der Waals surface area (Å²) in [6.45, 7) is 0.668. The van der Waals surface area contributed by atoms with Crippen LogP contribution in [0.2, 0.25) is 0 Å². The molecule has 0 radical (unpaired) electrons. The molecule has 0 saturated heterocycles. The van der Waals surface area contributed by atoms with E-state index in [1.807, 2.05) is 54.6 Å². The molecule has 3 aromatic carbocycles. The second kappa shape index (κ2) is 10.7. The summed E-state index contributed by atoms with van der Waals surface area (Å²) in [5.41, 5.74) is 3.12. The van der Waals surface area contributed by atoms with Crippen LogP contribution in [0.5, 0.6) is 17.2 Å². The zero-order chi connectivity index (χ0) is 21.2. The molecule has 0 aliphatic heterocycles. The van der Waals surface area contributed by atoms with Gasteiger partial charge in [0.25, 0.3) is 0 Å². The van der Waals surface area contributed by atoms with Gasteiger partial charge in [0.2, 0.25) is 0 Å². The van der Waals surface area contributed by atoms with Gasteiger partial charge in [0.1, 0.15) is 43.3 Å². The van der Waals surface area contributed by atoms with Crippen molar-refractivity contribution >= 4 is 12.0 Å². The molecule has 154 valence electrons. The van der Waals surface area contributed by atoms with E-state index in [1.54, 1.807) is 18.2 Å². The van der Waals surface area contributed by atoms with Gasteiger partial charge >= 0.3 is 0 Å². The van der Waals surface area contributed by atoms with Crippen LogP contribution < -0.4 is 14.2 Å². The Kier molecular flexibility index (Phi) is 7.44. The van der Waals surface area contributed by atoms with Crippen LogP contribution in [0.1, 0.15) is 21.5 Å². The van der Waals surface area contributed by atoms with Crippen LogP contribution in [-0.2, 0) is 11.4 Å². The minimum Gasteiger partial charge on any atom is -0.496 e. The summed E-state index contributed by atoms with van der Waals surface area (Å²) in [6.07, 6.45) is 0.752. The Morgan fingerprint density at radius 2 is 1.63 bits per heavy atom. The summed E-state index contributed by atoms with van der Waals surface area (Å²) >= 11 is 0. The van der Waals surface area contributed by atoms with E-state index in [9.17, 15) is 4.79 Å². The molecule has 3 rings (SSSR count). The summed E-state index contributed by atoms with van der Waals surface area (Å²) in [6, 6.07) is 22.5. The van der Waals surface area contributed by atoms with E-state index < -0.39 is 0 Å². The lowest BCUT2D eigenvalue weighted by molar-refractivity contribution is 0.112. The third-order valence-electron chi connectivity index (χ3n) is 4.34. The Morgan fingerprint density at radius 1 is 0.900 bits per heavy atom. The maximum Gasteiger partial charge on any atom is 0.153 e. The van der Waals surface area contributed by atoms with Crippen LogP contribution in [0.4, 0.5) is 0 Å². The number of oxime groups is 1. The quantitative estimate of drug-likeness (QED) is 0.282. The lowest BCUT2D eigenvalue weighted by atomic mass is 10.1. The molecule has 0 atom stereocenters. The molecule has 0 fully saturated rings. The van der Waals surface area contributed by atoms with Crippen LogP contribution in [0.15, 0.2) is 78.0 Å². The molecule has 0 aliphatic carbocycles. The first-order valence-electron chi connectivity index (χ1n) is 9.36. The number of carbonyl (C=O) groups excluding carboxylic acids is 1. The van der Waals surface area contributed by atoms with Gasteiger partial charge in [0, 0.05) is 11.6 Å². The smallest absolute Gasteiger partial charge is 0.153 e. The molecule has 0 saturated carbocycles. The Bertz CT molecular complexity index is 984. The second-order valence-corrected chi connectivity index (χ2v) is 6.33. The highest BCUT2D eigenvalue weighted by molar-refractivity contribution is 6.01. The number of carbonyl (C=O) groups is 1. The van der Waals surface area contributed by atoms with Crippen molar-refractivity contribution in [2.45, 2.75) is 6.61 Å². The molecule has 0 heterocycles. The van der Waals surface area contributed by atoms with E-state index >= 15 is 0 Å². The SMILES string of the molecule is CON=C(COc1ccc(COc2ccc(C=O)c(OC)c2)cc1)c1ccccc1. The van der Waals surface area contributed by atoms with Crippen LogP contribution in [0.25, 0.3) is 0 Å². The molecular formula is C24H23NO5. The number of hydrogen-bond donors (Lipinski definition) is 0. The van der Waals surface area contributed by atoms with Gasteiger partial charge in [-0.1, -0.05) is 47.6 Å². The largest absolute Gasteiger partial charge is 0.496 e. The third kappa shape index (κ3) is 5.61. The minimum atomic E-state index is 0.288. The highest BCUT2D eigenvalue weighted by Crippen LogP contribution is 2.24. The highest BCUT2D eigenvalue weighted by atomic mass is 16.6. The number of hydrogen-bond acceptors (Lipinski definition) is 6. The fraction of sp³-hybridized carbons (Fsp3) is 0.167.